The van der Waals surface area contributed by atoms with Crippen LogP contribution in [0, 0.1) is 0 Å². The van der Waals surface area contributed by atoms with Crippen molar-refractivity contribution in [2.45, 2.75) is 52.9 Å². The standard InChI is InChI=1S/C24H37N/c1-6-9-13-18-23(19-14-11-12-15-20-25-5)24(17-10-7-2)21-22(4)16-8-3/h6-8,10,13,16-19,21,25H,1,9,11-12,14-15,20H2,2-5H3/b10-7+,16-8-,18-13-,22-21-,23-19+,24-17-. The average Bonchev–Trinajstić information content (AvgIpc) is 2.60. The second kappa shape index (κ2) is 17.0. The quantitative estimate of drug-likeness (QED) is 0.220. The topological polar surface area (TPSA) is 12.0 Å². The number of unbranched alkanes of at least 4 members (excludes halogenated alkanes) is 3. The Balaban J connectivity index is 5.32. The van der Waals surface area contributed by atoms with Gasteiger partial charge in [0.25, 0.3) is 0 Å². The Hall–Kier alpha value is -1.86. The molecule has 1 heteroatoms. The predicted octanol–water partition coefficient (Wildman–Crippen LogP) is 6.85. The number of hydrogen-bond donors (Lipinski definition) is 1. The number of rotatable bonds is 13. The van der Waals surface area contributed by atoms with Gasteiger partial charge in [-0.25, -0.2) is 0 Å². The zero-order valence-corrected chi connectivity index (χ0v) is 16.7. The lowest BCUT2D eigenvalue weighted by Gasteiger charge is -2.06. The van der Waals surface area contributed by atoms with Gasteiger partial charge in [0.1, 0.15) is 0 Å². The molecular formula is C24H37N. The summed E-state index contributed by atoms with van der Waals surface area (Å²) >= 11 is 0. The maximum absolute atomic E-state index is 3.81. The summed E-state index contributed by atoms with van der Waals surface area (Å²) in [6.07, 6.45) is 27.3. The molecule has 138 valence electrons. The highest BCUT2D eigenvalue weighted by Gasteiger charge is 1.99. The van der Waals surface area contributed by atoms with Crippen LogP contribution in [0.3, 0.4) is 0 Å². The Labute approximate surface area is 156 Å². The van der Waals surface area contributed by atoms with Gasteiger partial charge >= 0.3 is 0 Å². The smallest absolute Gasteiger partial charge is 0.00519 e. The van der Waals surface area contributed by atoms with Crippen LogP contribution >= 0.6 is 0 Å². The van der Waals surface area contributed by atoms with E-state index in [9.17, 15) is 0 Å². The number of hydrogen-bond acceptors (Lipinski definition) is 1. The first-order valence-corrected chi connectivity index (χ1v) is 9.46. The van der Waals surface area contributed by atoms with Gasteiger partial charge in [-0.05, 0) is 71.2 Å². The van der Waals surface area contributed by atoms with Crippen molar-refractivity contribution in [3.63, 3.8) is 0 Å². The summed E-state index contributed by atoms with van der Waals surface area (Å²) in [5.74, 6) is 0. The fraction of sp³-hybridized carbons (Fsp3) is 0.417. The highest BCUT2D eigenvalue weighted by Crippen LogP contribution is 2.19. The molecule has 0 aromatic carbocycles. The fourth-order valence-corrected chi connectivity index (χ4v) is 2.44. The van der Waals surface area contributed by atoms with Crippen LogP contribution in [0.25, 0.3) is 0 Å². The Kier molecular flexibility index (Phi) is 15.7. The van der Waals surface area contributed by atoms with Gasteiger partial charge in [0.05, 0.1) is 0 Å². The van der Waals surface area contributed by atoms with Gasteiger partial charge in [0.15, 0.2) is 0 Å². The maximum Gasteiger partial charge on any atom is -0.00519 e. The molecule has 0 aromatic heterocycles. The van der Waals surface area contributed by atoms with E-state index in [0.29, 0.717) is 0 Å². The van der Waals surface area contributed by atoms with E-state index in [1.54, 1.807) is 0 Å². The van der Waals surface area contributed by atoms with E-state index >= 15 is 0 Å². The Morgan fingerprint density at radius 3 is 2.44 bits per heavy atom. The van der Waals surface area contributed by atoms with Crippen molar-refractivity contribution >= 4 is 0 Å². The van der Waals surface area contributed by atoms with Crippen molar-refractivity contribution in [1.82, 2.24) is 5.32 Å². The molecule has 25 heavy (non-hydrogen) atoms. The number of allylic oxidation sites excluding steroid dienone is 13. The van der Waals surface area contributed by atoms with Crippen LogP contribution in [0.4, 0.5) is 0 Å². The van der Waals surface area contributed by atoms with Gasteiger partial charge in [-0.1, -0.05) is 72.8 Å². The van der Waals surface area contributed by atoms with E-state index in [0.717, 1.165) is 19.4 Å². The fourth-order valence-electron chi connectivity index (χ4n) is 2.44. The van der Waals surface area contributed by atoms with Gasteiger partial charge < -0.3 is 5.32 Å². The minimum atomic E-state index is 0.897. The molecule has 0 amide bonds. The largest absolute Gasteiger partial charge is 0.320 e. The highest BCUT2D eigenvalue weighted by atomic mass is 14.8. The highest BCUT2D eigenvalue weighted by molar-refractivity contribution is 5.50. The lowest BCUT2D eigenvalue weighted by atomic mass is 9.99. The minimum absolute atomic E-state index is 0.897. The monoisotopic (exact) mass is 339 g/mol. The van der Waals surface area contributed by atoms with E-state index in [4.69, 9.17) is 0 Å². The first-order valence-electron chi connectivity index (χ1n) is 9.46. The lowest BCUT2D eigenvalue weighted by molar-refractivity contribution is 0.647. The van der Waals surface area contributed by atoms with Crippen LogP contribution in [0.15, 0.2) is 84.1 Å². The molecule has 1 N–H and O–H groups in total. The first kappa shape index (κ1) is 23.1. The van der Waals surface area contributed by atoms with Crippen LogP contribution in [0.2, 0.25) is 0 Å². The molecule has 0 rings (SSSR count). The van der Waals surface area contributed by atoms with Gasteiger partial charge in [0, 0.05) is 0 Å². The van der Waals surface area contributed by atoms with Crippen LogP contribution < -0.4 is 5.32 Å². The van der Waals surface area contributed by atoms with Crippen molar-refractivity contribution < 1.29 is 0 Å². The van der Waals surface area contributed by atoms with Crippen LogP contribution in [0.5, 0.6) is 0 Å². The third-order valence-electron chi connectivity index (χ3n) is 3.71. The van der Waals surface area contributed by atoms with Gasteiger partial charge in [0.2, 0.25) is 0 Å². The SMILES string of the molecule is C=CC\C=C/C(=C\CCCCCNC)C(/C=C(C)\C=C/C)=C\C=C\C. The molecular weight excluding hydrogens is 302 g/mol. The normalized spacial score (nSPS) is 14.3. The molecule has 0 aliphatic heterocycles. The van der Waals surface area contributed by atoms with Gasteiger partial charge in [-0.3, -0.25) is 0 Å². The molecule has 0 fully saturated rings. The summed E-state index contributed by atoms with van der Waals surface area (Å²) in [6.45, 7) is 11.2. The van der Waals surface area contributed by atoms with E-state index in [-0.39, 0.29) is 0 Å². The minimum Gasteiger partial charge on any atom is -0.320 e. The summed E-state index contributed by atoms with van der Waals surface area (Å²) in [5, 5.41) is 3.21. The van der Waals surface area contributed by atoms with Crippen molar-refractivity contribution in [1.29, 1.82) is 0 Å². The zero-order valence-electron chi connectivity index (χ0n) is 16.7. The predicted molar refractivity (Wildman–Crippen MR) is 116 cm³/mol. The molecule has 0 saturated carbocycles. The second-order valence-electron chi connectivity index (χ2n) is 6.08. The van der Waals surface area contributed by atoms with Crippen LogP contribution in [0.1, 0.15) is 52.9 Å². The molecule has 0 aromatic rings. The van der Waals surface area contributed by atoms with E-state index in [1.807, 2.05) is 13.1 Å². The molecule has 1 nitrogen and oxygen atoms in total. The summed E-state index contributed by atoms with van der Waals surface area (Å²) < 4.78 is 0. The van der Waals surface area contributed by atoms with Crippen molar-refractivity contribution in [3.8, 4) is 0 Å². The summed E-state index contributed by atoms with van der Waals surface area (Å²) in [5.41, 5.74) is 3.80. The van der Waals surface area contributed by atoms with Crippen LogP contribution in [-0.4, -0.2) is 13.6 Å². The molecule has 0 bridgehead atoms. The molecule has 0 aliphatic rings. The number of nitrogens with one attached hydrogen (secondary N) is 1. The van der Waals surface area contributed by atoms with Crippen molar-refractivity contribution in [2.24, 2.45) is 0 Å². The van der Waals surface area contributed by atoms with Gasteiger partial charge in [-0.15, -0.1) is 6.58 Å². The van der Waals surface area contributed by atoms with Gasteiger partial charge in [-0.2, -0.15) is 0 Å². The molecule has 0 unspecified atom stereocenters. The summed E-state index contributed by atoms with van der Waals surface area (Å²) in [4.78, 5) is 0. The Morgan fingerprint density at radius 1 is 1.00 bits per heavy atom. The third kappa shape index (κ3) is 13.1. The molecule has 0 aliphatic carbocycles. The second-order valence-corrected chi connectivity index (χ2v) is 6.08. The van der Waals surface area contributed by atoms with E-state index in [1.165, 1.54) is 36.0 Å². The molecule has 0 radical (unpaired) electrons. The van der Waals surface area contributed by atoms with Crippen molar-refractivity contribution in [2.75, 3.05) is 13.6 Å². The maximum atomic E-state index is 3.81. The first-order chi connectivity index (χ1) is 12.2. The van der Waals surface area contributed by atoms with Crippen LogP contribution in [-0.2, 0) is 0 Å². The zero-order chi connectivity index (χ0) is 18.8. The average molecular weight is 340 g/mol. The Morgan fingerprint density at radius 2 is 1.80 bits per heavy atom. The molecule has 0 atom stereocenters. The Bertz CT molecular complexity index is 524. The van der Waals surface area contributed by atoms with E-state index < -0.39 is 0 Å². The molecule has 0 heterocycles. The van der Waals surface area contributed by atoms with Crippen molar-refractivity contribution in [3.05, 3.63) is 84.1 Å². The summed E-state index contributed by atoms with van der Waals surface area (Å²) in [7, 11) is 2.01. The lowest BCUT2D eigenvalue weighted by Crippen LogP contribution is -2.06. The third-order valence-corrected chi connectivity index (χ3v) is 3.71. The summed E-state index contributed by atoms with van der Waals surface area (Å²) in [6, 6.07) is 0. The van der Waals surface area contributed by atoms with E-state index in [2.05, 4.69) is 87.4 Å². The molecule has 0 spiro atoms. The molecule has 0 saturated heterocycles.